The first kappa shape index (κ1) is 10.2. The highest BCUT2D eigenvalue weighted by Gasteiger charge is 2.21. The van der Waals surface area contributed by atoms with Crippen LogP contribution in [0.25, 0.3) is 11.4 Å². The van der Waals surface area contributed by atoms with Gasteiger partial charge >= 0.3 is 0 Å². The van der Waals surface area contributed by atoms with Crippen molar-refractivity contribution in [3.63, 3.8) is 0 Å². The van der Waals surface area contributed by atoms with Gasteiger partial charge in [-0.3, -0.25) is 4.79 Å². The maximum atomic E-state index is 11.3. The van der Waals surface area contributed by atoms with Crippen LogP contribution in [0.15, 0.2) is 23.1 Å². The van der Waals surface area contributed by atoms with Crippen LogP contribution in [-0.2, 0) is 13.0 Å². The molecule has 0 bridgehead atoms. The fourth-order valence-electron chi connectivity index (χ4n) is 2.15. The highest BCUT2D eigenvalue weighted by Crippen LogP contribution is 2.21. The molecule has 1 unspecified atom stereocenters. The predicted octanol–water partition coefficient (Wildman–Crippen LogP) is -0.0931. The minimum absolute atomic E-state index is 0.138. The number of aromatic amines is 1. The number of aryl methyl sites for hydroxylation is 1. The number of aromatic nitrogens is 4. The summed E-state index contributed by atoms with van der Waals surface area (Å²) in [6, 6.07) is 3.48. The molecule has 17 heavy (non-hydrogen) atoms. The van der Waals surface area contributed by atoms with Crippen LogP contribution in [0.4, 0.5) is 0 Å². The molecule has 0 radical (unpaired) electrons. The molecule has 6 nitrogen and oxygen atoms in total. The minimum Gasteiger partial charge on any atom is -0.329 e. The number of fused-ring (bicyclic) bond motifs is 1. The Morgan fingerprint density at radius 2 is 2.35 bits per heavy atom. The molecule has 0 aliphatic carbocycles. The predicted molar refractivity (Wildman–Crippen MR) is 62.4 cm³/mol. The topological polar surface area (TPSA) is 89.6 Å². The fraction of sp³-hybridized carbons (Fsp3) is 0.364. The standard InChI is InChI=1S/C11H13N5O/c12-8-1-2-9-14-15-11(16(9)6-8)7-3-4-13-10(17)5-7/h3-5,8H,1-2,6,12H2,(H,13,17). The van der Waals surface area contributed by atoms with Gasteiger partial charge in [-0.2, -0.15) is 0 Å². The van der Waals surface area contributed by atoms with Gasteiger partial charge < -0.3 is 15.3 Å². The third kappa shape index (κ3) is 1.76. The SMILES string of the molecule is NC1CCc2nnc(-c3cc[nH]c(=O)c3)n2C1. The van der Waals surface area contributed by atoms with E-state index in [1.807, 2.05) is 10.6 Å². The van der Waals surface area contributed by atoms with Crippen LogP contribution >= 0.6 is 0 Å². The minimum atomic E-state index is -0.139. The van der Waals surface area contributed by atoms with Crippen LogP contribution in [0.2, 0.25) is 0 Å². The van der Waals surface area contributed by atoms with Crippen molar-refractivity contribution in [2.24, 2.45) is 5.73 Å². The van der Waals surface area contributed by atoms with Crippen molar-refractivity contribution in [3.8, 4) is 11.4 Å². The molecule has 1 aliphatic heterocycles. The lowest BCUT2D eigenvalue weighted by molar-refractivity contribution is 0.456. The van der Waals surface area contributed by atoms with Crippen LogP contribution in [-0.4, -0.2) is 25.8 Å². The Bertz CT molecular complexity index is 600. The normalized spacial score (nSPS) is 19.0. The zero-order valence-electron chi connectivity index (χ0n) is 9.26. The van der Waals surface area contributed by atoms with E-state index in [4.69, 9.17) is 5.73 Å². The van der Waals surface area contributed by atoms with E-state index >= 15 is 0 Å². The number of nitrogens with zero attached hydrogens (tertiary/aromatic N) is 3. The largest absolute Gasteiger partial charge is 0.329 e. The third-order valence-corrected chi connectivity index (χ3v) is 3.02. The van der Waals surface area contributed by atoms with Gasteiger partial charge in [-0.05, 0) is 12.5 Å². The summed E-state index contributed by atoms with van der Waals surface area (Å²) < 4.78 is 2.00. The second-order valence-electron chi connectivity index (χ2n) is 4.29. The second kappa shape index (κ2) is 3.81. The molecule has 0 aromatic carbocycles. The molecule has 0 saturated heterocycles. The van der Waals surface area contributed by atoms with E-state index in [-0.39, 0.29) is 11.6 Å². The Morgan fingerprint density at radius 1 is 1.47 bits per heavy atom. The van der Waals surface area contributed by atoms with Gasteiger partial charge in [-0.25, -0.2) is 0 Å². The lowest BCUT2D eigenvalue weighted by Gasteiger charge is -2.20. The average molecular weight is 231 g/mol. The molecule has 0 saturated carbocycles. The first-order valence-corrected chi connectivity index (χ1v) is 5.61. The van der Waals surface area contributed by atoms with Crippen LogP contribution < -0.4 is 11.3 Å². The average Bonchev–Trinajstić information content (AvgIpc) is 2.71. The lowest BCUT2D eigenvalue weighted by atomic mass is 10.1. The van der Waals surface area contributed by atoms with E-state index < -0.39 is 0 Å². The van der Waals surface area contributed by atoms with Gasteiger partial charge in [0.15, 0.2) is 5.82 Å². The summed E-state index contributed by atoms with van der Waals surface area (Å²) >= 11 is 0. The number of hydrogen-bond donors (Lipinski definition) is 2. The molecule has 6 heteroatoms. The summed E-state index contributed by atoms with van der Waals surface area (Å²) in [5, 5.41) is 8.29. The summed E-state index contributed by atoms with van der Waals surface area (Å²) in [4.78, 5) is 13.9. The molecular weight excluding hydrogens is 218 g/mol. The van der Waals surface area contributed by atoms with Crippen molar-refractivity contribution < 1.29 is 0 Å². The quantitative estimate of drug-likeness (QED) is 0.717. The van der Waals surface area contributed by atoms with Gasteiger partial charge in [0.2, 0.25) is 5.56 Å². The molecular formula is C11H13N5O. The Balaban J connectivity index is 2.10. The Labute approximate surface area is 97.5 Å². The molecule has 0 amide bonds. The zero-order chi connectivity index (χ0) is 11.8. The lowest BCUT2D eigenvalue weighted by Crippen LogP contribution is -2.32. The smallest absolute Gasteiger partial charge is 0.248 e. The van der Waals surface area contributed by atoms with E-state index in [2.05, 4.69) is 15.2 Å². The number of hydrogen-bond acceptors (Lipinski definition) is 4. The van der Waals surface area contributed by atoms with E-state index in [0.29, 0.717) is 6.54 Å². The van der Waals surface area contributed by atoms with Crippen molar-refractivity contribution in [2.75, 3.05) is 0 Å². The van der Waals surface area contributed by atoms with E-state index in [1.165, 1.54) is 6.07 Å². The number of nitrogens with one attached hydrogen (secondary N) is 1. The Kier molecular flexibility index (Phi) is 2.29. The number of rotatable bonds is 1. The van der Waals surface area contributed by atoms with Gasteiger partial charge in [-0.15, -0.1) is 10.2 Å². The van der Waals surface area contributed by atoms with Crippen molar-refractivity contribution in [3.05, 3.63) is 34.5 Å². The molecule has 1 atom stereocenters. The second-order valence-corrected chi connectivity index (χ2v) is 4.29. The zero-order valence-corrected chi connectivity index (χ0v) is 9.26. The van der Waals surface area contributed by atoms with Crippen molar-refractivity contribution in [1.29, 1.82) is 0 Å². The molecule has 2 aromatic heterocycles. The van der Waals surface area contributed by atoms with Crippen LogP contribution in [0.3, 0.4) is 0 Å². The van der Waals surface area contributed by atoms with E-state index in [0.717, 1.165) is 30.1 Å². The summed E-state index contributed by atoms with van der Waals surface area (Å²) in [7, 11) is 0. The molecule has 3 N–H and O–H groups in total. The maximum absolute atomic E-state index is 11.3. The highest BCUT2D eigenvalue weighted by molar-refractivity contribution is 5.54. The van der Waals surface area contributed by atoms with Crippen molar-refractivity contribution in [1.82, 2.24) is 19.7 Å². The van der Waals surface area contributed by atoms with E-state index in [9.17, 15) is 4.79 Å². The van der Waals surface area contributed by atoms with Gasteiger partial charge in [0.05, 0.1) is 0 Å². The number of nitrogens with two attached hydrogens (primary N) is 1. The van der Waals surface area contributed by atoms with Crippen molar-refractivity contribution in [2.45, 2.75) is 25.4 Å². The highest BCUT2D eigenvalue weighted by atomic mass is 16.1. The third-order valence-electron chi connectivity index (χ3n) is 3.02. The monoisotopic (exact) mass is 231 g/mol. The van der Waals surface area contributed by atoms with Gasteiger partial charge in [0, 0.05) is 36.8 Å². The molecule has 3 rings (SSSR count). The molecule has 2 aromatic rings. The van der Waals surface area contributed by atoms with Gasteiger partial charge in [-0.1, -0.05) is 0 Å². The molecule has 3 heterocycles. The van der Waals surface area contributed by atoms with Crippen LogP contribution in [0, 0.1) is 0 Å². The fourth-order valence-corrected chi connectivity index (χ4v) is 2.15. The summed E-state index contributed by atoms with van der Waals surface area (Å²) in [6.45, 7) is 0.713. The summed E-state index contributed by atoms with van der Waals surface area (Å²) in [5.74, 6) is 1.67. The summed E-state index contributed by atoms with van der Waals surface area (Å²) in [5.41, 5.74) is 6.58. The molecule has 0 spiro atoms. The maximum Gasteiger partial charge on any atom is 0.248 e. The summed E-state index contributed by atoms with van der Waals surface area (Å²) in [6.07, 6.45) is 3.40. The van der Waals surface area contributed by atoms with Gasteiger partial charge in [0.25, 0.3) is 0 Å². The molecule has 88 valence electrons. The number of H-pyrrole nitrogens is 1. The van der Waals surface area contributed by atoms with Crippen LogP contribution in [0.5, 0.6) is 0 Å². The number of pyridine rings is 1. The first-order chi connectivity index (χ1) is 8.24. The first-order valence-electron chi connectivity index (χ1n) is 5.61. The van der Waals surface area contributed by atoms with Crippen molar-refractivity contribution >= 4 is 0 Å². The Morgan fingerprint density at radius 3 is 3.18 bits per heavy atom. The van der Waals surface area contributed by atoms with Gasteiger partial charge in [0.1, 0.15) is 5.82 Å². The Hall–Kier alpha value is -1.95. The molecule has 0 fully saturated rings. The van der Waals surface area contributed by atoms with E-state index in [1.54, 1.807) is 6.20 Å². The molecule has 1 aliphatic rings. The van der Waals surface area contributed by atoms with Crippen LogP contribution in [0.1, 0.15) is 12.2 Å².